The van der Waals surface area contributed by atoms with Crippen LogP contribution in [0, 0.1) is 0 Å². The summed E-state index contributed by atoms with van der Waals surface area (Å²) in [5, 5.41) is 5.72. The third-order valence-electron chi connectivity index (χ3n) is 3.89. The SMILES string of the molecule is CCSc1nc2c(c(=O)[nH]1)[C@@H](C(=O)Nc1ccccc1OC)CC(=O)N2. The van der Waals surface area contributed by atoms with Gasteiger partial charge in [-0.3, -0.25) is 14.4 Å². The maximum absolute atomic E-state index is 12.8. The molecule has 1 atom stereocenters. The number of thioether (sulfide) groups is 1. The average molecular weight is 374 g/mol. The van der Waals surface area contributed by atoms with Crippen molar-refractivity contribution in [3.8, 4) is 5.75 Å². The van der Waals surface area contributed by atoms with Gasteiger partial charge in [-0.25, -0.2) is 4.98 Å². The standard InChI is InChI=1S/C17H18N4O4S/c1-3-26-17-20-14-13(16(24)21-17)9(8-12(22)19-14)15(23)18-10-6-4-5-7-11(10)25-2/h4-7,9H,3,8H2,1-2H3,(H,18,23)(H2,19,20,21,22,24)/t9-/m0/s1. The van der Waals surface area contributed by atoms with Crippen LogP contribution in [0.3, 0.4) is 0 Å². The van der Waals surface area contributed by atoms with E-state index in [1.165, 1.54) is 18.9 Å². The van der Waals surface area contributed by atoms with Crippen LogP contribution in [0.25, 0.3) is 0 Å². The summed E-state index contributed by atoms with van der Waals surface area (Å²) in [4.78, 5) is 44.2. The van der Waals surface area contributed by atoms with Crippen LogP contribution in [0.5, 0.6) is 5.75 Å². The molecule has 0 unspecified atom stereocenters. The van der Waals surface area contributed by atoms with Crippen LogP contribution in [-0.2, 0) is 9.59 Å². The predicted molar refractivity (Wildman–Crippen MR) is 98.9 cm³/mol. The summed E-state index contributed by atoms with van der Waals surface area (Å²) in [5.74, 6) is -0.408. The Balaban J connectivity index is 1.95. The number of hydrogen-bond donors (Lipinski definition) is 3. The number of nitrogens with one attached hydrogen (secondary N) is 3. The van der Waals surface area contributed by atoms with Gasteiger partial charge in [0.2, 0.25) is 11.8 Å². The molecule has 2 heterocycles. The van der Waals surface area contributed by atoms with Crippen molar-refractivity contribution >= 4 is 35.1 Å². The molecule has 3 rings (SSSR count). The molecule has 0 saturated heterocycles. The van der Waals surface area contributed by atoms with Crippen molar-refractivity contribution in [3.05, 3.63) is 40.2 Å². The van der Waals surface area contributed by atoms with E-state index >= 15 is 0 Å². The number of aromatic nitrogens is 2. The van der Waals surface area contributed by atoms with Crippen molar-refractivity contribution in [2.75, 3.05) is 23.5 Å². The van der Waals surface area contributed by atoms with Gasteiger partial charge in [0.1, 0.15) is 11.6 Å². The quantitative estimate of drug-likeness (QED) is 0.545. The monoisotopic (exact) mass is 374 g/mol. The van der Waals surface area contributed by atoms with Gasteiger partial charge in [-0.15, -0.1) is 0 Å². The van der Waals surface area contributed by atoms with Crippen LogP contribution in [0.1, 0.15) is 24.8 Å². The van der Waals surface area contributed by atoms with E-state index in [1.807, 2.05) is 6.92 Å². The van der Waals surface area contributed by atoms with Crippen LogP contribution in [0.2, 0.25) is 0 Å². The summed E-state index contributed by atoms with van der Waals surface area (Å²) < 4.78 is 5.21. The largest absolute Gasteiger partial charge is 0.495 e. The third kappa shape index (κ3) is 3.57. The molecule has 1 aliphatic heterocycles. The van der Waals surface area contributed by atoms with E-state index in [1.54, 1.807) is 24.3 Å². The number of methoxy groups -OCH3 is 1. The maximum atomic E-state index is 12.8. The molecule has 9 heteroatoms. The van der Waals surface area contributed by atoms with E-state index in [0.29, 0.717) is 22.3 Å². The summed E-state index contributed by atoms with van der Waals surface area (Å²) in [7, 11) is 1.50. The fraction of sp³-hybridized carbons (Fsp3) is 0.294. The molecule has 0 fully saturated rings. The highest BCUT2D eigenvalue weighted by Crippen LogP contribution is 2.31. The van der Waals surface area contributed by atoms with E-state index < -0.39 is 17.4 Å². The first kappa shape index (κ1) is 18.0. The van der Waals surface area contributed by atoms with E-state index in [0.717, 1.165) is 0 Å². The Labute approximate surface area is 153 Å². The molecule has 1 aliphatic rings. The topological polar surface area (TPSA) is 113 Å². The second-order valence-corrected chi connectivity index (χ2v) is 6.81. The molecule has 3 N–H and O–H groups in total. The van der Waals surface area contributed by atoms with Gasteiger partial charge in [0.05, 0.1) is 24.3 Å². The van der Waals surface area contributed by atoms with E-state index in [9.17, 15) is 14.4 Å². The summed E-state index contributed by atoms with van der Waals surface area (Å²) in [6.07, 6.45) is -0.126. The summed E-state index contributed by atoms with van der Waals surface area (Å²) in [5.41, 5.74) is 0.207. The normalized spacial score (nSPS) is 15.8. The minimum Gasteiger partial charge on any atom is -0.495 e. The smallest absolute Gasteiger partial charge is 0.257 e. The zero-order valence-electron chi connectivity index (χ0n) is 14.3. The van der Waals surface area contributed by atoms with Gasteiger partial charge in [-0.2, -0.15) is 0 Å². The van der Waals surface area contributed by atoms with Gasteiger partial charge in [-0.05, 0) is 17.9 Å². The Hall–Kier alpha value is -2.81. The molecule has 0 aliphatic carbocycles. The zero-order valence-corrected chi connectivity index (χ0v) is 15.1. The molecule has 1 aromatic carbocycles. The lowest BCUT2D eigenvalue weighted by molar-refractivity contribution is -0.123. The number of aromatic amines is 1. The Morgan fingerprint density at radius 3 is 2.88 bits per heavy atom. The number of para-hydroxylation sites is 2. The number of hydrogen-bond acceptors (Lipinski definition) is 6. The second-order valence-electron chi connectivity index (χ2n) is 5.56. The Kier molecular flexibility index (Phi) is 5.27. The summed E-state index contributed by atoms with van der Waals surface area (Å²) in [6.45, 7) is 1.92. The summed E-state index contributed by atoms with van der Waals surface area (Å²) >= 11 is 1.35. The highest BCUT2D eigenvalue weighted by atomic mass is 32.2. The number of carbonyl (C=O) groups excluding carboxylic acids is 2. The van der Waals surface area contributed by atoms with E-state index in [2.05, 4.69) is 20.6 Å². The third-order valence-corrected chi connectivity index (χ3v) is 4.65. The van der Waals surface area contributed by atoms with Crippen LogP contribution in [-0.4, -0.2) is 34.6 Å². The second kappa shape index (κ2) is 7.61. The first-order valence-electron chi connectivity index (χ1n) is 8.04. The van der Waals surface area contributed by atoms with E-state index in [-0.39, 0.29) is 23.7 Å². The van der Waals surface area contributed by atoms with Crippen molar-refractivity contribution < 1.29 is 14.3 Å². The van der Waals surface area contributed by atoms with Crippen molar-refractivity contribution in [1.29, 1.82) is 0 Å². The number of H-pyrrole nitrogens is 1. The van der Waals surface area contributed by atoms with Gasteiger partial charge >= 0.3 is 0 Å². The predicted octanol–water partition coefficient (Wildman–Crippen LogP) is 1.95. The molecule has 1 aromatic heterocycles. The average Bonchev–Trinajstić information content (AvgIpc) is 2.61. The summed E-state index contributed by atoms with van der Waals surface area (Å²) in [6, 6.07) is 6.92. The van der Waals surface area contributed by atoms with Crippen LogP contribution < -0.4 is 20.9 Å². The minimum atomic E-state index is -0.930. The van der Waals surface area contributed by atoms with Gasteiger partial charge in [0, 0.05) is 6.42 Å². The molecule has 8 nitrogen and oxygen atoms in total. The van der Waals surface area contributed by atoms with Crippen LogP contribution in [0.4, 0.5) is 11.5 Å². The molecule has 0 spiro atoms. The Bertz CT molecular complexity index is 912. The number of benzene rings is 1. The van der Waals surface area contributed by atoms with E-state index in [4.69, 9.17) is 4.74 Å². The number of ether oxygens (including phenoxy) is 1. The number of amides is 2. The lowest BCUT2D eigenvalue weighted by atomic mass is 9.92. The van der Waals surface area contributed by atoms with Crippen molar-refractivity contribution in [3.63, 3.8) is 0 Å². The molecule has 0 radical (unpaired) electrons. The zero-order chi connectivity index (χ0) is 18.7. The number of nitrogens with zero attached hydrogens (tertiary/aromatic N) is 1. The Morgan fingerprint density at radius 1 is 1.38 bits per heavy atom. The first-order chi connectivity index (χ1) is 12.5. The minimum absolute atomic E-state index is 0.126. The maximum Gasteiger partial charge on any atom is 0.257 e. The highest BCUT2D eigenvalue weighted by Gasteiger charge is 2.35. The highest BCUT2D eigenvalue weighted by molar-refractivity contribution is 7.99. The molecule has 2 aromatic rings. The number of fused-ring (bicyclic) bond motifs is 1. The van der Waals surface area contributed by atoms with Crippen LogP contribution >= 0.6 is 11.8 Å². The molecule has 0 saturated carbocycles. The number of rotatable bonds is 5. The van der Waals surface area contributed by atoms with Crippen molar-refractivity contribution in [1.82, 2.24) is 9.97 Å². The van der Waals surface area contributed by atoms with Crippen molar-refractivity contribution in [2.45, 2.75) is 24.4 Å². The lowest BCUT2D eigenvalue weighted by Gasteiger charge is -2.23. The lowest BCUT2D eigenvalue weighted by Crippen LogP contribution is -2.36. The number of carbonyl (C=O) groups is 2. The molecule has 2 amide bonds. The van der Waals surface area contributed by atoms with Gasteiger partial charge < -0.3 is 20.4 Å². The van der Waals surface area contributed by atoms with Gasteiger partial charge in [0.25, 0.3) is 5.56 Å². The number of anilines is 2. The fourth-order valence-electron chi connectivity index (χ4n) is 2.75. The molecular weight excluding hydrogens is 356 g/mol. The van der Waals surface area contributed by atoms with Crippen molar-refractivity contribution in [2.24, 2.45) is 0 Å². The molecular formula is C17H18N4O4S. The fourth-order valence-corrected chi connectivity index (χ4v) is 3.34. The Morgan fingerprint density at radius 2 is 2.15 bits per heavy atom. The molecule has 0 bridgehead atoms. The molecule has 136 valence electrons. The van der Waals surface area contributed by atoms with Gasteiger partial charge in [-0.1, -0.05) is 30.8 Å². The van der Waals surface area contributed by atoms with Gasteiger partial charge in [0.15, 0.2) is 5.16 Å². The molecule has 26 heavy (non-hydrogen) atoms. The first-order valence-corrected chi connectivity index (χ1v) is 9.02. The van der Waals surface area contributed by atoms with Crippen LogP contribution in [0.15, 0.2) is 34.2 Å².